The van der Waals surface area contributed by atoms with Gasteiger partial charge >= 0.3 is 6.09 Å². The van der Waals surface area contributed by atoms with Gasteiger partial charge in [-0.1, -0.05) is 30.3 Å². The maximum Gasteiger partial charge on any atom is 0.412 e. The van der Waals surface area contributed by atoms with Crippen molar-refractivity contribution < 1.29 is 18.3 Å². The minimum Gasteiger partial charge on any atom is -0.444 e. The number of halogens is 2. The molecule has 0 aliphatic rings. The smallest absolute Gasteiger partial charge is 0.412 e. The van der Waals surface area contributed by atoms with Crippen LogP contribution in [0.25, 0.3) is 0 Å². The average Bonchev–Trinajstić information content (AvgIpc) is 2.42. The summed E-state index contributed by atoms with van der Waals surface area (Å²) >= 11 is 0. The molecule has 0 unspecified atom stereocenters. The number of carbonyl (C=O) groups is 1. The van der Waals surface area contributed by atoms with Crippen molar-refractivity contribution in [3.05, 3.63) is 65.7 Å². The molecule has 1 N–H and O–H groups in total. The predicted molar refractivity (Wildman–Crippen MR) is 66.6 cm³/mol. The molecular weight excluding hydrogens is 252 g/mol. The van der Waals surface area contributed by atoms with Gasteiger partial charge < -0.3 is 4.74 Å². The summed E-state index contributed by atoms with van der Waals surface area (Å²) in [5, 5.41) is 2.15. The van der Waals surface area contributed by atoms with E-state index >= 15 is 0 Å². The van der Waals surface area contributed by atoms with Gasteiger partial charge in [0, 0.05) is 6.07 Å². The first-order valence-corrected chi connectivity index (χ1v) is 5.58. The fourth-order valence-corrected chi connectivity index (χ4v) is 1.46. The largest absolute Gasteiger partial charge is 0.444 e. The number of benzene rings is 2. The van der Waals surface area contributed by atoms with Gasteiger partial charge in [0.25, 0.3) is 0 Å². The van der Waals surface area contributed by atoms with Gasteiger partial charge in [0.15, 0.2) is 0 Å². The lowest BCUT2D eigenvalue weighted by molar-refractivity contribution is 0.155. The average molecular weight is 263 g/mol. The Balaban J connectivity index is 1.93. The van der Waals surface area contributed by atoms with Crippen molar-refractivity contribution in [1.29, 1.82) is 0 Å². The van der Waals surface area contributed by atoms with E-state index in [9.17, 15) is 13.6 Å². The first-order valence-electron chi connectivity index (χ1n) is 5.58. The monoisotopic (exact) mass is 263 g/mol. The third kappa shape index (κ3) is 3.77. The van der Waals surface area contributed by atoms with Crippen molar-refractivity contribution in [3.8, 4) is 0 Å². The lowest BCUT2D eigenvalue weighted by Crippen LogP contribution is -2.14. The normalized spacial score (nSPS) is 10.0. The van der Waals surface area contributed by atoms with E-state index in [-0.39, 0.29) is 12.3 Å². The van der Waals surface area contributed by atoms with Crippen LogP contribution in [-0.2, 0) is 11.3 Å². The van der Waals surface area contributed by atoms with Crippen molar-refractivity contribution in [2.24, 2.45) is 0 Å². The molecule has 0 saturated heterocycles. The molecule has 19 heavy (non-hydrogen) atoms. The van der Waals surface area contributed by atoms with Gasteiger partial charge in [-0.05, 0) is 17.7 Å². The Hall–Kier alpha value is -2.43. The van der Waals surface area contributed by atoms with E-state index in [2.05, 4.69) is 5.32 Å². The quantitative estimate of drug-likeness (QED) is 0.916. The third-order valence-corrected chi connectivity index (χ3v) is 2.38. The van der Waals surface area contributed by atoms with Crippen LogP contribution in [0.1, 0.15) is 5.56 Å². The predicted octanol–water partition coefficient (Wildman–Crippen LogP) is 3.71. The van der Waals surface area contributed by atoms with E-state index in [0.717, 1.165) is 23.8 Å². The molecule has 2 aromatic rings. The summed E-state index contributed by atoms with van der Waals surface area (Å²) in [6.45, 7) is 0.0591. The van der Waals surface area contributed by atoms with Crippen LogP contribution < -0.4 is 5.32 Å². The molecule has 5 heteroatoms. The Labute approximate surface area is 108 Å². The van der Waals surface area contributed by atoms with Crippen molar-refractivity contribution in [3.63, 3.8) is 0 Å². The number of rotatable bonds is 3. The second-order valence-corrected chi connectivity index (χ2v) is 3.81. The maximum absolute atomic E-state index is 13.3. The van der Waals surface area contributed by atoms with Crippen molar-refractivity contribution in [2.45, 2.75) is 6.61 Å². The van der Waals surface area contributed by atoms with E-state index in [1.54, 1.807) is 12.1 Å². The first kappa shape index (κ1) is 13.0. The minimum atomic E-state index is -0.839. The highest BCUT2D eigenvalue weighted by molar-refractivity contribution is 5.84. The summed E-state index contributed by atoms with van der Waals surface area (Å²) in [5.74, 6) is -1.36. The van der Waals surface area contributed by atoms with Gasteiger partial charge in [0.2, 0.25) is 0 Å². The first-order chi connectivity index (χ1) is 9.15. The molecule has 0 heterocycles. The maximum atomic E-state index is 13.3. The van der Waals surface area contributed by atoms with Crippen molar-refractivity contribution in [1.82, 2.24) is 0 Å². The molecule has 2 rings (SSSR count). The Morgan fingerprint density at radius 3 is 2.58 bits per heavy atom. The Morgan fingerprint density at radius 2 is 1.84 bits per heavy atom. The van der Waals surface area contributed by atoms with Gasteiger partial charge in [0.1, 0.15) is 18.2 Å². The van der Waals surface area contributed by atoms with Crippen molar-refractivity contribution >= 4 is 11.8 Å². The molecule has 1 amide bonds. The summed E-state index contributed by atoms with van der Waals surface area (Å²) in [5.41, 5.74) is 0.551. The zero-order valence-corrected chi connectivity index (χ0v) is 9.90. The number of anilines is 1. The number of amides is 1. The van der Waals surface area contributed by atoms with E-state index in [1.165, 1.54) is 0 Å². The van der Waals surface area contributed by atoms with Gasteiger partial charge in [-0.25, -0.2) is 13.6 Å². The lowest BCUT2D eigenvalue weighted by Gasteiger charge is -2.07. The number of carbonyl (C=O) groups excluding carboxylic acids is 1. The van der Waals surface area contributed by atoms with Crippen LogP contribution in [0.2, 0.25) is 0 Å². The summed E-state index contributed by atoms with van der Waals surface area (Å²) in [6.07, 6.45) is -0.839. The van der Waals surface area contributed by atoms with Crippen LogP contribution in [0.4, 0.5) is 19.3 Å². The molecule has 0 aliphatic heterocycles. The minimum absolute atomic E-state index is 0.0591. The number of nitrogens with one attached hydrogen (secondary N) is 1. The molecule has 0 aromatic heterocycles. The highest BCUT2D eigenvalue weighted by atomic mass is 19.1. The molecule has 2 aromatic carbocycles. The Kier molecular flexibility index (Phi) is 4.07. The van der Waals surface area contributed by atoms with Crippen LogP contribution >= 0.6 is 0 Å². The summed E-state index contributed by atoms with van der Waals surface area (Å²) < 4.78 is 31.0. The van der Waals surface area contributed by atoms with E-state index < -0.39 is 17.7 Å². The fraction of sp³-hybridized carbons (Fsp3) is 0.0714. The molecule has 0 atom stereocenters. The van der Waals surface area contributed by atoms with Crippen LogP contribution in [0.3, 0.4) is 0 Å². The van der Waals surface area contributed by atoms with E-state index in [4.69, 9.17) is 4.74 Å². The molecule has 0 saturated carbocycles. The number of hydrogen-bond acceptors (Lipinski definition) is 2. The molecule has 0 aliphatic carbocycles. The summed E-state index contributed by atoms with van der Waals surface area (Å²) in [6, 6.07) is 11.8. The van der Waals surface area contributed by atoms with Crippen LogP contribution in [0.5, 0.6) is 0 Å². The summed E-state index contributed by atoms with van der Waals surface area (Å²) in [7, 11) is 0. The second-order valence-electron chi connectivity index (χ2n) is 3.81. The fourth-order valence-electron chi connectivity index (χ4n) is 1.46. The Morgan fingerprint density at radius 1 is 1.11 bits per heavy atom. The van der Waals surface area contributed by atoms with Gasteiger partial charge in [0.05, 0.1) is 5.69 Å². The third-order valence-electron chi connectivity index (χ3n) is 2.38. The van der Waals surface area contributed by atoms with Gasteiger partial charge in [-0.3, -0.25) is 5.32 Å². The van der Waals surface area contributed by atoms with Crippen LogP contribution in [0, 0.1) is 11.6 Å². The van der Waals surface area contributed by atoms with Crippen LogP contribution in [-0.4, -0.2) is 6.09 Å². The molecule has 98 valence electrons. The second kappa shape index (κ2) is 5.95. The summed E-state index contributed by atoms with van der Waals surface area (Å²) in [4.78, 5) is 11.4. The Bertz CT molecular complexity index is 573. The molecule has 0 spiro atoms. The zero-order chi connectivity index (χ0) is 13.7. The molecular formula is C14H11F2NO2. The highest BCUT2D eigenvalue weighted by Gasteiger charge is 2.09. The van der Waals surface area contributed by atoms with E-state index in [1.807, 2.05) is 18.2 Å². The zero-order valence-electron chi connectivity index (χ0n) is 9.90. The van der Waals surface area contributed by atoms with Gasteiger partial charge in [-0.2, -0.15) is 0 Å². The molecule has 0 bridgehead atoms. The highest BCUT2D eigenvalue weighted by Crippen LogP contribution is 2.15. The van der Waals surface area contributed by atoms with Crippen LogP contribution in [0.15, 0.2) is 48.5 Å². The van der Waals surface area contributed by atoms with E-state index in [0.29, 0.717) is 0 Å². The molecule has 0 fully saturated rings. The SMILES string of the molecule is O=C(Nc1cc(F)ccc1F)OCc1ccccc1. The molecule has 0 radical (unpaired) electrons. The topological polar surface area (TPSA) is 38.3 Å². The van der Waals surface area contributed by atoms with Gasteiger partial charge in [-0.15, -0.1) is 0 Å². The lowest BCUT2D eigenvalue weighted by atomic mass is 10.2. The molecule has 3 nitrogen and oxygen atoms in total. The standard InChI is InChI=1S/C14H11F2NO2/c15-11-6-7-12(16)13(8-11)17-14(18)19-9-10-4-2-1-3-5-10/h1-8H,9H2,(H,17,18). The number of ether oxygens (including phenoxy) is 1. The number of hydrogen-bond donors (Lipinski definition) is 1. The van der Waals surface area contributed by atoms with Crippen molar-refractivity contribution in [2.75, 3.05) is 5.32 Å².